The molecule has 0 amide bonds. The first-order chi connectivity index (χ1) is 17.2. The van der Waals surface area contributed by atoms with Crippen molar-refractivity contribution in [3.8, 4) is 0 Å². The van der Waals surface area contributed by atoms with Crippen LogP contribution in [-0.2, 0) is 30.3 Å². The smallest absolute Gasteiger partial charge is 0.331 e. The number of benzene rings is 1. The Morgan fingerprint density at radius 2 is 1.49 bits per heavy atom. The van der Waals surface area contributed by atoms with Crippen LogP contribution in [0.3, 0.4) is 0 Å². The number of fused-ring (bicyclic) bond motifs is 1. The van der Waals surface area contributed by atoms with E-state index in [4.69, 9.17) is 19.4 Å². The van der Waals surface area contributed by atoms with Gasteiger partial charge in [0.05, 0.1) is 0 Å². The number of hydrogen-bond acceptors (Lipinski definition) is 7. The van der Waals surface area contributed by atoms with E-state index in [2.05, 4.69) is 10.3 Å². The van der Waals surface area contributed by atoms with Gasteiger partial charge in [0.2, 0.25) is 0 Å². The van der Waals surface area contributed by atoms with E-state index in [1.54, 1.807) is 18.3 Å². The van der Waals surface area contributed by atoms with Crippen molar-refractivity contribution in [3.05, 3.63) is 70.9 Å². The second-order valence-electron chi connectivity index (χ2n) is 10.2. The molecule has 0 bridgehead atoms. The van der Waals surface area contributed by atoms with Crippen LogP contribution >= 0.6 is 0 Å². The molecular formula is C29H38N2O6. The lowest BCUT2D eigenvalue weighted by atomic mass is 10.1. The molecule has 2 aromatic rings. The number of hydrogen-bond donors (Lipinski definition) is 2. The van der Waals surface area contributed by atoms with Gasteiger partial charge in [-0.1, -0.05) is 29.8 Å². The van der Waals surface area contributed by atoms with E-state index in [0.29, 0.717) is 0 Å². The van der Waals surface area contributed by atoms with Crippen molar-refractivity contribution in [2.75, 3.05) is 11.9 Å². The monoisotopic (exact) mass is 510 g/mol. The fourth-order valence-corrected chi connectivity index (χ4v) is 3.06. The summed E-state index contributed by atoms with van der Waals surface area (Å²) in [6, 6.07) is 9.99. The van der Waals surface area contributed by atoms with E-state index in [0.717, 1.165) is 29.9 Å². The molecule has 0 saturated carbocycles. The highest BCUT2D eigenvalue weighted by molar-refractivity contribution is 5.87. The number of aryl methyl sites for hydroxylation is 1. The number of rotatable bonds is 4. The minimum absolute atomic E-state index is 0.250. The highest BCUT2D eigenvalue weighted by Crippen LogP contribution is 2.20. The number of nitrogens with zero attached hydrogens (tertiary/aromatic N) is 1. The summed E-state index contributed by atoms with van der Waals surface area (Å²) in [6.45, 7) is 13.8. The van der Waals surface area contributed by atoms with Gasteiger partial charge in [0, 0.05) is 24.9 Å². The van der Waals surface area contributed by atoms with Crippen LogP contribution in [-0.4, -0.2) is 46.2 Å². The first-order valence-electron chi connectivity index (χ1n) is 11.9. The van der Waals surface area contributed by atoms with Gasteiger partial charge in [-0.15, -0.1) is 0 Å². The van der Waals surface area contributed by atoms with Crippen LogP contribution in [0, 0.1) is 6.92 Å². The molecule has 0 spiro atoms. The number of aromatic nitrogens is 1. The second-order valence-corrected chi connectivity index (χ2v) is 10.2. The largest absolute Gasteiger partial charge is 0.483 e. The van der Waals surface area contributed by atoms with Gasteiger partial charge in [0.25, 0.3) is 6.47 Å². The highest BCUT2D eigenvalue weighted by atomic mass is 16.6. The van der Waals surface area contributed by atoms with Gasteiger partial charge in [0.15, 0.2) is 0 Å². The van der Waals surface area contributed by atoms with Crippen molar-refractivity contribution in [1.29, 1.82) is 0 Å². The van der Waals surface area contributed by atoms with Gasteiger partial charge in [-0.05, 0) is 89.8 Å². The normalized spacial score (nSPS) is 12.4. The van der Waals surface area contributed by atoms with Crippen LogP contribution in [0.4, 0.5) is 5.82 Å². The summed E-state index contributed by atoms with van der Waals surface area (Å²) >= 11 is 0. The van der Waals surface area contributed by atoms with E-state index in [1.165, 1.54) is 23.3 Å². The summed E-state index contributed by atoms with van der Waals surface area (Å²) < 4.78 is 10.4. The topological polar surface area (TPSA) is 115 Å². The Balaban J connectivity index is 0.000000337. The Hall–Kier alpha value is -3.94. The van der Waals surface area contributed by atoms with Crippen molar-refractivity contribution in [2.45, 2.75) is 66.1 Å². The van der Waals surface area contributed by atoms with Gasteiger partial charge < -0.3 is 19.9 Å². The van der Waals surface area contributed by atoms with Gasteiger partial charge >= 0.3 is 11.9 Å². The van der Waals surface area contributed by atoms with Crippen LogP contribution in [0.5, 0.6) is 0 Å². The van der Waals surface area contributed by atoms with Crippen molar-refractivity contribution in [3.63, 3.8) is 0 Å². The zero-order chi connectivity index (χ0) is 28.1. The SMILES string of the molecule is CC(C)(C)OC(=O)/C=C/c1cnc2c(c1)CCN2.Cc1cccc(/C=C/C(=O)OC(C)(C)C)c1.O=CO. The minimum Gasteiger partial charge on any atom is -0.483 e. The summed E-state index contributed by atoms with van der Waals surface area (Å²) in [5.41, 5.74) is 3.40. The van der Waals surface area contributed by atoms with E-state index in [-0.39, 0.29) is 18.4 Å². The van der Waals surface area contributed by atoms with Crippen LogP contribution in [0.2, 0.25) is 0 Å². The van der Waals surface area contributed by atoms with Crippen LogP contribution in [0.25, 0.3) is 12.2 Å². The average Bonchev–Trinajstić information content (AvgIpc) is 3.23. The summed E-state index contributed by atoms with van der Waals surface area (Å²) in [6.07, 6.45) is 9.13. The summed E-state index contributed by atoms with van der Waals surface area (Å²) in [5, 5.41) is 10.1. The van der Waals surface area contributed by atoms with Crippen molar-refractivity contribution in [2.24, 2.45) is 0 Å². The van der Waals surface area contributed by atoms with E-state index >= 15 is 0 Å². The lowest BCUT2D eigenvalue weighted by Crippen LogP contribution is -2.22. The first kappa shape index (κ1) is 31.1. The highest BCUT2D eigenvalue weighted by Gasteiger charge is 2.15. The Kier molecular flexibility index (Phi) is 12.3. The first-order valence-corrected chi connectivity index (χ1v) is 11.9. The third-order valence-electron chi connectivity index (χ3n) is 4.35. The Morgan fingerprint density at radius 3 is 2.00 bits per heavy atom. The molecule has 0 fully saturated rings. The maximum Gasteiger partial charge on any atom is 0.331 e. The molecule has 1 aromatic carbocycles. The predicted octanol–water partition coefficient (Wildman–Crippen LogP) is 5.46. The number of nitrogens with one attached hydrogen (secondary N) is 1. The number of anilines is 1. The fourth-order valence-electron chi connectivity index (χ4n) is 3.06. The van der Waals surface area contributed by atoms with E-state index < -0.39 is 11.2 Å². The van der Waals surface area contributed by atoms with Crippen LogP contribution in [0.1, 0.15) is 63.8 Å². The number of carbonyl (C=O) groups excluding carboxylic acids is 2. The van der Waals surface area contributed by atoms with Crippen molar-refractivity contribution < 1.29 is 29.0 Å². The minimum atomic E-state index is -0.457. The fraction of sp³-hybridized carbons (Fsp3) is 0.379. The Bertz CT molecular complexity index is 1110. The standard InChI is InChI=1S/C14H18N2O2.C14H18O2.CH2O2/c1-14(2,3)18-12(17)5-4-10-8-11-6-7-15-13(11)16-9-10;1-11-6-5-7-12(10-11)8-9-13(15)16-14(2,3)4;2-1-3/h4-5,8-9H,6-7H2,1-3H3,(H,15,16);5-10H,1-4H3;1H,(H,2,3)/b5-4+;9-8+;. The van der Waals surface area contributed by atoms with E-state index in [1.807, 2.05) is 78.8 Å². The lowest BCUT2D eigenvalue weighted by molar-refractivity contribution is -0.149. The Morgan fingerprint density at radius 1 is 0.946 bits per heavy atom. The maximum absolute atomic E-state index is 11.5. The third-order valence-corrected chi connectivity index (χ3v) is 4.35. The molecule has 1 aromatic heterocycles. The molecule has 0 saturated heterocycles. The van der Waals surface area contributed by atoms with E-state index in [9.17, 15) is 9.59 Å². The number of ether oxygens (including phenoxy) is 2. The number of carbonyl (C=O) groups is 3. The summed E-state index contributed by atoms with van der Waals surface area (Å²) in [5.74, 6) is 0.305. The molecule has 200 valence electrons. The molecule has 37 heavy (non-hydrogen) atoms. The zero-order valence-electron chi connectivity index (χ0n) is 22.7. The summed E-state index contributed by atoms with van der Waals surface area (Å²) in [7, 11) is 0. The molecule has 2 N–H and O–H groups in total. The van der Waals surface area contributed by atoms with Crippen molar-refractivity contribution in [1.82, 2.24) is 4.98 Å². The molecule has 8 nitrogen and oxygen atoms in total. The molecular weight excluding hydrogens is 472 g/mol. The molecule has 1 aliphatic rings. The van der Waals surface area contributed by atoms with Crippen LogP contribution in [0.15, 0.2) is 48.7 Å². The van der Waals surface area contributed by atoms with Gasteiger partial charge in [-0.3, -0.25) is 4.79 Å². The third kappa shape index (κ3) is 14.3. The van der Waals surface area contributed by atoms with Gasteiger partial charge in [0.1, 0.15) is 17.0 Å². The van der Waals surface area contributed by atoms with Crippen LogP contribution < -0.4 is 5.32 Å². The number of esters is 2. The molecule has 0 aliphatic carbocycles. The molecule has 1 aliphatic heterocycles. The number of carboxylic acid groups (broad SMARTS) is 1. The molecule has 3 rings (SSSR count). The quantitative estimate of drug-likeness (QED) is 0.317. The van der Waals surface area contributed by atoms with Gasteiger partial charge in [-0.2, -0.15) is 0 Å². The second kappa shape index (κ2) is 14.6. The lowest BCUT2D eigenvalue weighted by Gasteiger charge is -2.17. The molecule has 0 unspecified atom stereocenters. The predicted molar refractivity (Wildman–Crippen MR) is 146 cm³/mol. The average molecular weight is 511 g/mol. The maximum atomic E-state index is 11.5. The zero-order valence-corrected chi connectivity index (χ0v) is 22.7. The Labute approximate surface area is 219 Å². The van der Waals surface area contributed by atoms with Crippen molar-refractivity contribution >= 4 is 36.4 Å². The number of pyridine rings is 1. The molecule has 0 radical (unpaired) electrons. The molecule has 0 atom stereocenters. The summed E-state index contributed by atoms with van der Waals surface area (Å²) in [4.78, 5) is 35.6. The van der Waals surface area contributed by atoms with Gasteiger partial charge in [-0.25, -0.2) is 14.6 Å². The molecule has 8 heteroatoms. The molecule has 2 heterocycles.